The number of hydrogen-bond acceptors (Lipinski definition) is 4. The first-order chi connectivity index (χ1) is 8.85. The maximum absolute atomic E-state index is 12.2. The van der Waals surface area contributed by atoms with Crippen molar-refractivity contribution in [2.24, 2.45) is 0 Å². The van der Waals surface area contributed by atoms with Crippen molar-refractivity contribution in [1.82, 2.24) is 0 Å². The van der Waals surface area contributed by atoms with Crippen molar-refractivity contribution >= 4 is 17.6 Å². The highest BCUT2D eigenvalue weighted by Crippen LogP contribution is 2.34. The van der Waals surface area contributed by atoms with E-state index in [1.54, 1.807) is 0 Å². The van der Waals surface area contributed by atoms with Gasteiger partial charge in [0.2, 0.25) is 5.91 Å². The molecule has 6 nitrogen and oxygen atoms in total. The van der Waals surface area contributed by atoms with E-state index < -0.39 is 18.5 Å². The van der Waals surface area contributed by atoms with Crippen molar-refractivity contribution in [2.75, 3.05) is 12.4 Å². The Kier molecular flexibility index (Phi) is 4.62. The lowest BCUT2D eigenvalue weighted by Gasteiger charge is -2.14. The van der Waals surface area contributed by atoms with Crippen molar-refractivity contribution in [3.8, 4) is 11.5 Å². The van der Waals surface area contributed by atoms with Crippen LogP contribution in [-0.4, -0.2) is 30.7 Å². The number of benzene rings is 1. The summed E-state index contributed by atoms with van der Waals surface area (Å²) in [6.07, 6.45) is 0. The molecule has 0 spiro atoms. The summed E-state index contributed by atoms with van der Waals surface area (Å²) >= 11 is 0. The molecular weight excluding hydrogens is 264 g/mol. The molecule has 0 aromatic heterocycles. The van der Waals surface area contributed by atoms with Crippen molar-refractivity contribution in [3.05, 3.63) is 17.7 Å². The Morgan fingerprint density at radius 1 is 1.32 bits per heavy atom. The molecular formula is C11H11F2NO5. The molecule has 0 atom stereocenters. The fourth-order valence-corrected chi connectivity index (χ4v) is 1.38. The van der Waals surface area contributed by atoms with Crippen LogP contribution >= 0.6 is 0 Å². The number of aromatic carboxylic acids is 1. The van der Waals surface area contributed by atoms with Crippen molar-refractivity contribution in [1.29, 1.82) is 0 Å². The first-order valence-corrected chi connectivity index (χ1v) is 5.03. The molecule has 1 amide bonds. The number of carboxylic acid groups (broad SMARTS) is 1. The topological polar surface area (TPSA) is 84.9 Å². The molecule has 0 radical (unpaired) electrons. The van der Waals surface area contributed by atoms with E-state index in [1.807, 2.05) is 0 Å². The highest BCUT2D eigenvalue weighted by atomic mass is 19.3. The van der Waals surface area contributed by atoms with E-state index in [-0.39, 0.29) is 22.7 Å². The minimum atomic E-state index is -3.10. The van der Waals surface area contributed by atoms with E-state index in [2.05, 4.69) is 10.1 Å². The average Bonchev–Trinajstić information content (AvgIpc) is 2.27. The van der Waals surface area contributed by atoms with Crippen LogP contribution in [0.3, 0.4) is 0 Å². The molecule has 0 unspecified atom stereocenters. The molecule has 0 saturated heterocycles. The maximum atomic E-state index is 12.2. The molecule has 0 aliphatic carbocycles. The Labute approximate surface area is 106 Å². The normalized spacial score (nSPS) is 10.2. The summed E-state index contributed by atoms with van der Waals surface area (Å²) in [6.45, 7) is -1.95. The molecule has 8 heteroatoms. The lowest BCUT2D eigenvalue weighted by molar-refractivity contribution is -0.114. The predicted molar refractivity (Wildman–Crippen MR) is 60.9 cm³/mol. The zero-order valence-corrected chi connectivity index (χ0v) is 10.1. The molecule has 0 heterocycles. The Balaban J connectivity index is 3.33. The summed E-state index contributed by atoms with van der Waals surface area (Å²) in [5.74, 6) is -2.43. The van der Waals surface area contributed by atoms with E-state index in [9.17, 15) is 18.4 Å². The van der Waals surface area contributed by atoms with E-state index in [4.69, 9.17) is 9.84 Å². The average molecular weight is 275 g/mol. The number of amides is 1. The molecule has 0 bridgehead atoms. The molecule has 104 valence electrons. The fraction of sp³-hybridized carbons (Fsp3) is 0.273. The SMILES string of the molecule is COc1cc(C(=O)O)c(NC(C)=O)cc1OC(F)F. The van der Waals surface area contributed by atoms with E-state index in [1.165, 1.54) is 7.11 Å². The van der Waals surface area contributed by atoms with Crippen LogP contribution in [0.15, 0.2) is 12.1 Å². The summed E-state index contributed by atoms with van der Waals surface area (Å²) in [6, 6.07) is 1.96. The van der Waals surface area contributed by atoms with Gasteiger partial charge in [-0.05, 0) is 0 Å². The van der Waals surface area contributed by atoms with Crippen LogP contribution in [0.1, 0.15) is 17.3 Å². The van der Waals surface area contributed by atoms with Gasteiger partial charge in [0.25, 0.3) is 0 Å². The third kappa shape index (κ3) is 3.80. The first kappa shape index (κ1) is 14.7. The number of carbonyl (C=O) groups excluding carboxylic acids is 1. The van der Waals surface area contributed by atoms with Gasteiger partial charge in [0.05, 0.1) is 18.4 Å². The lowest BCUT2D eigenvalue weighted by atomic mass is 10.1. The molecule has 19 heavy (non-hydrogen) atoms. The Bertz CT molecular complexity index is 504. The zero-order chi connectivity index (χ0) is 14.6. The number of hydrogen-bond donors (Lipinski definition) is 2. The van der Waals surface area contributed by atoms with Gasteiger partial charge in [-0.1, -0.05) is 0 Å². The minimum Gasteiger partial charge on any atom is -0.493 e. The molecule has 0 aliphatic rings. The van der Waals surface area contributed by atoms with Crippen molar-refractivity contribution in [2.45, 2.75) is 13.5 Å². The highest BCUT2D eigenvalue weighted by Gasteiger charge is 2.19. The molecule has 0 saturated carbocycles. The van der Waals surface area contributed by atoms with Gasteiger partial charge in [-0.2, -0.15) is 8.78 Å². The van der Waals surface area contributed by atoms with Gasteiger partial charge in [-0.25, -0.2) is 4.79 Å². The predicted octanol–water partition coefficient (Wildman–Crippen LogP) is 1.95. The van der Waals surface area contributed by atoms with Crippen LogP contribution in [0.4, 0.5) is 14.5 Å². The number of carboxylic acids is 1. The standard InChI is InChI=1S/C11H11F2NO5/c1-5(15)14-7-4-9(19-11(12)13)8(18-2)3-6(7)10(16)17/h3-4,11H,1-2H3,(H,14,15)(H,16,17). The van der Waals surface area contributed by atoms with E-state index in [0.29, 0.717) is 0 Å². The van der Waals surface area contributed by atoms with Crippen molar-refractivity contribution < 1.29 is 33.0 Å². The summed E-state index contributed by atoms with van der Waals surface area (Å²) in [4.78, 5) is 22.0. The number of methoxy groups -OCH3 is 1. The smallest absolute Gasteiger partial charge is 0.387 e. The summed E-state index contributed by atoms with van der Waals surface area (Å²) in [5.41, 5.74) is -0.454. The molecule has 2 N–H and O–H groups in total. The van der Waals surface area contributed by atoms with E-state index >= 15 is 0 Å². The van der Waals surface area contributed by atoms with Gasteiger partial charge in [0, 0.05) is 19.1 Å². The van der Waals surface area contributed by atoms with Crippen LogP contribution in [0.2, 0.25) is 0 Å². The molecule has 1 aromatic carbocycles. The first-order valence-electron chi connectivity index (χ1n) is 5.03. The largest absolute Gasteiger partial charge is 0.493 e. The number of anilines is 1. The second kappa shape index (κ2) is 5.98. The van der Waals surface area contributed by atoms with Crippen LogP contribution in [0, 0.1) is 0 Å². The lowest BCUT2D eigenvalue weighted by Crippen LogP contribution is -2.12. The van der Waals surface area contributed by atoms with Gasteiger partial charge >= 0.3 is 12.6 Å². The monoisotopic (exact) mass is 275 g/mol. The maximum Gasteiger partial charge on any atom is 0.387 e. The molecule has 0 aliphatic heterocycles. The Morgan fingerprint density at radius 2 is 1.95 bits per heavy atom. The van der Waals surface area contributed by atoms with Gasteiger partial charge in [0.1, 0.15) is 0 Å². The third-order valence-electron chi connectivity index (χ3n) is 2.06. The quantitative estimate of drug-likeness (QED) is 0.858. The van der Waals surface area contributed by atoms with E-state index in [0.717, 1.165) is 19.1 Å². The molecule has 0 fully saturated rings. The van der Waals surface area contributed by atoms with Gasteiger partial charge in [0.15, 0.2) is 11.5 Å². The fourth-order valence-electron chi connectivity index (χ4n) is 1.38. The number of ether oxygens (including phenoxy) is 2. The second-order valence-corrected chi connectivity index (χ2v) is 3.41. The zero-order valence-electron chi connectivity index (χ0n) is 10.1. The van der Waals surface area contributed by atoms with Gasteiger partial charge in [-0.3, -0.25) is 4.79 Å². The van der Waals surface area contributed by atoms with Crippen LogP contribution in [0.5, 0.6) is 11.5 Å². The third-order valence-corrected chi connectivity index (χ3v) is 2.06. The summed E-state index contributed by atoms with van der Waals surface area (Å²) < 4.78 is 33.4. The summed E-state index contributed by atoms with van der Waals surface area (Å²) in [7, 11) is 1.18. The number of alkyl halides is 2. The second-order valence-electron chi connectivity index (χ2n) is 3.41. The summed E-state index contributed by atoms with van der Waals surface area (Å²) in [5, 5.41) is 11.2. The number of halogens is 2. The van der Waals surface area contributed by atoms with Crippen molar-refractivity contribution in [3.63, 3.8) is 0 Å². The minimum absolute atomic E-state index is 0.156. The number of carbonyl (C=O) groups is 2. The number of rotatable bonds is 5. The molecule has 1 rings (SSSR count). The van der Waals surface area contributed by atoms with Crippen LogP contribution in [-0.2, 0) is 4.79 Å². The Hall–Kier alpha value is -2.38. The molecule has 1 aromatic rings. The number of nitrogens with one attached hydrogen (secondary N) is 1. The van der Waals surface area contributed by atoms with Crippen LogP contribution in [0.25, 0.3) is 0 Å². The highest BCUT2D eigenvalue weighted by molar-refractivity contribution is 6.00. The van der Waals surface area contributed by atoms with Gasteiger partial charge in [-0.15, -0.1) is 0 Å². The van der Waals surface area contributed by atoms with Gasteiger partial charge < -0.3 is 19.9 Å². The van der Waals surface area contributed by atoms with Crippen LogP contribution < -0.4 is 14.8 Å². The Morgan fingerprint density at radius 3 is 2.37 bits per heavy atom.